The van der Waals surface area contributed by atoms with Crippen molar-refractivity contribution in [2.75, 3.05) is 12.3 Å². The summed E-state index contributed by atoms with van der Waals surface area (Å²) >= 11 is 2.81. The van der Waals surface area contributed by atoms with Gasteiger partial charge in [-0.15, -0.1) is 17.9 Å². The summed E-state index contributed by atoms with van der Waals surface area (Å²) in [4.78, 5) is 33.6. The van der Waals surface area contributed by atoms with E-state index in [2.05, 4.69) is 13.5 Å². The van der Waals surface area contributed by atoms with Gasteiger partial charge in [-0.3, -0.25) is 14.2 Å². The number of carbonyl (C=O) groups is 1. The molecule has 1 fully saturated rings. The van der Waals surface area contributed by atoms with Crippen LogP contribution >= 0.6 is 23.1 Å². The lowest BCUT2D eigenvalue weighted by Gasteiger charge is -2.33. The number of allylic oxidation sites excluding steroid dienone is 1. The molecule has 1 unspecified atom stereocenters. The van der Waals surface area contributed by atoms with E-state index in [9.17, 15) is 9.59 Å². The van der Waals surface area contributed by atoms with E-state index in [1.807, 2.05) is 40.6 Å². The van der Waals surface area contributed by atoms with Crippen LogP contribution in [0, 0.1) is 0 Å². The van der Waals surface area contributed by atoms with Gasteiger partial charge in [0.25, 0.3) is 5.56 Å². The number of likely N-dealkylation sites (tertiary alicyclic amines) is 1. The molecule has 0 spiro atoms. The van der Waals surface area contributed by atoms with Crippen LogP contribution in [0.4, 0.5) is 0 Å². The van der Waals surface area contributed by atoms with Crippen LogP contribution in [0.25, 0.3) is 21.3 Å². The zero-order valence-electron chi connectivity index (χ0n) is 17.0. The first-order valence-corrected chi connectivity index (χ1v) is 12.1. The van der Waals surface area contributed by atoms with Crippen molar-refractivity contribution < 1.29 is 4.79 Å². The van der Waals surface area contributed by atoms with Crippen LogP contribution in [-0.4, -0.2) is 38.7 Å². The van der Waals surface area contributed by atoms with E-state index in [0.29, 0.717) is 21.9 Å². The minimum Gasteiger partial charge on any atom is -0.339 e. The molecule has 1 amide bonds. The number of fused-ring (bicyclic) bond motifs is 1. The second kappa shape index (κ2) is 9.18. The number of nitrogens with zero attached hydrogens (tertiary/aromatic N) is 3. The molecule has 2 aromatic heterocycles. The molecule has 0 radical (unpaired) electrons. The van der Waals surface area contributed by atoms with E-state index >= 15 is 0 Å². The van der Waals surface area contributed by atoms with Crippen LogP contribution in [0.1, 0.15) is 26.2 Å². The van der Waals surface area contributed by atoms with Crippen molar-refractivity contribution in [2.45, 2.75) is 43.9 Å². The summed E-state index contributed by atoms with van der Waals surface area (Å²) in [6, 6.07) is 10.2. The van der Waals surface area contributed by atoms with Gasteiger partial charge in [0.05, 0.1) is 11.1 Å². The fourth-order valence-electron chi connectivity index (χ4n) is 3.91. The highest BCUT2D eigenvalue weighted by Gasteiger charge is 2.24. The Labute approximate surface area is 184 Å². The van der Waals surface area contributed by atoms with Crippen LogP contribution in [0.5, 0.6) is 0 Å². The predicted octanol–water partition coefficient (Wildman–Crippen LogP) is 4.80. The molecular formula is C23H25N3O2S2. The van der Waals surface area contributed by atoms with Crippen LogP contribution < -0.4 is 5.56 Å². The van der Waals surface area contributed by atoms with Gasteiger partial charge in [-0.05, 0) is 31.7 Å². The van der Waals surface area contributed by atoms with Crippen LogP contribution in [-0.2, 0) is 11.3 Å². The molecule has 156 valence electrons. The molecule has 4 rings (SSSR count). The van der Waals surface area contributed by atoms with E-state index in [0.717, 1.165) is 30.5 Å². The normalized spacial score (nSPS) is 16.7. The van der Waals surface area contributed by atoms with Crippen LogP contribution in [0.15, 0.2) is 58.3 Å². The Morgan fingerprint density at radius 2 is 2.13 bits per heavy atom. The predicted molar refractivity (Wildman–Crippen MR) is 125 cm³/mol. The van der Waals surface area contributed by atoms with Gasteiger partial charge in [0.2, 0.25) is 5.91 Å². The maximum Gasteiger partial charge on any atom is 0.263 e. The molecule has 7 heteroatoms. The molecule has 3 heterocycles. The van der Waals surface area contributed by atoms with Gasteiger partial charge in [-0.25, -0.2) is 4.98 Å². The maximum atomic E-state index is 13.4. The number of carbonyl (C=O) groups excluding carboxylic acids is 1. The molecule has 0 aliphatic carbocycles. The molecule has 1 aliphatic heterocycles. The first-order valence-electron chi connectivity index (χ1n) is 10.2. The molecule has 30 heavy (non-hydrogen) atoms. The number of rotatable bonds is 6. The van der Waals surface area contributed by atoms with E-state index in [-0.39, 0.29) is 23.3 Å². The Balaban J connectivity index is 1.66. The highest BCUT2D eigenvalue weighted by molar-refractivity contribution is 7.99. The number of piperidine rings is 1. The van der Waals surface area contributed by atoms with Gasteiger partial charge in [0, 0.05) is 30.1 Å². The zero-order valence-corrected chi connectivity index (χ0v) is 18.7. The van der Waals surface area contributed by atoms with Crippen molar-refractivity contribution in [3.63, 3.8) is 0 Å². The Morgan fingerprint density at radius 3 is 2.87 bits per heavy atom. The SMILES string of the molecule is C=CCn1c(SCC(=O)N2CCCCC2C)nc2scc(-c3ccccc3)c2c1=O. The van der Waals surface area contributed by atoms with Gasteiger partial charge in [-0.1, -0.05) is 48.2 Å². The fraction of sp³-hybridized carbons (Fsp3) is 0.348. The number of amides is 1. The average Bonchev–Trinajstić information content (AvgIpc) is 3.19. The number of benzene rings is 1. The van der Waals surface area contributed by atoms with Gasteiger partial charge in [-0.2, -0.15) is 0 Å². The van der Waals surface area contributed by atoms with Gasteiger partial charge in [0.15, 0.2) is 5.16 Å². The lowest BCUT2D eigenvalue weighted by molar-refractivity contribution is -0.131. The van der Waals surface area contributed by atoms with Crippen LogP contribution in [0.3, 0.4) is 0 Å². The van der Waals surface area contributed by atoms with Crippen molar-refractivity contribution in [1.82, 2.24) is 14.5 Å². The lowest BCUT2D eigenvalue weighted by Crippen LogP contribution is -2.43. The second-order valence-corrected chi connectivity index (χ2v) is 9.32. The highest BCUT2D eigenvalue weighted by Crippen LogP contribution is 2.32. The maximum absolute atomic E-state index is 13.4. The first kappa shape index (κ1) is 20.9. The Kier molecular flexibility index (Phi) is 6.39. The Morgan fingerprint density at radius 1 is 1.33 bits per heavy atom. The van der Waals surface area contributed by atoms with Crippen molar-refractivity contribution in [1.29, 1.82) is 0 Å². The molecule has 0 bridgehead atoms. The highest BCUT2D eigenvalue weighted by atomic mass is 32.2. The summed E-state index contributed by atoms with van der Waals surface area (Å²) in [5.74, 6) is 0.402. The molecule has 1 saturated heterocycles. The second-order valence-electron chi connectivity index (χ2n) is 7.51. The minimum absolute atomic E-state index is 0.0821. The molecule has 0 saturated carbocycles. The number of hydrogen-bond acceptors (Lipinski definition) is 5. The molecule has 3 aromatic rings. The number of aromatic nitrogens is 2. The molecule has 5 nitrogen and oxygen atoms in total. The van der Waals surface area contributed by atoms with Crippen molar-refractivity contribution >= 4 is 39.2 Å². The molecule has 1 aromatic carbocycles. The lowest BCUT2D eigenvalue weighted by atomic mass is 10.0. The van der Waals surface area contributed by atoms with Crippen molar-refractivity contribution in [3.8, 4) is 11.1 Å². The fourth-order valence-corrected chi connectivity index (χ4v) is 5.80. The monoisotopic (exact) mass is 439 g/mol. The summed E-state index contributed by atoms with van der Waals surface area (Å²) in [5, 5.41) is 3.20. The Hall–Kier alpha value is -2.38. The third kappa shape index (κ3) is 4.09. The number of hydrogen-bond donors (Lipinski definition) is 0. The van der Waals surface area contributed by atoms with Crippen molar-refractivity contribution in [3.05, 3.63) is 58.7 Å². The topological polar surface area (TPSA) is 55.2 Å². The van der Waals surface area contributed by atoms with Gasteiger partial charge in [0.1, 0.15) is 4.83 Å². The van der Waals surface area contributed by atoms with Crippen molar-refractivity contribution in [2.24, 2.45) is 0 Å². The van der Waals surface area contributed by atoms with E-state index in [4.69, 9.17) is 4.98 Å². The summed E-state index contributed by atoms with van der Waals surface area (Å²) in [6.07, 6.45) is 4.99. The quantitative estimate of drug-likeness (QED) is 0.314. The number of thioether (sulfide) groups is 1. The van der Waals surface area contributed by atoms with Gasteiger partial charge >= 0.3 is 0 Å². The molecule has 1 atom stereocenters. The standard InChI is InChI=1S/C23H25N3O2S2/c1-3-12-26-22(28)20-18(17-10-5-4-6-11-17)14-29-21(20)24-23(26)30-15-19(27)25-13-8-7-9-16(25)2/h3-6,10-11,14,16H,1,7-9,12-13,15H2,2H3. The first-order chi connectivity index (χ1) is 14.6. The average molecular weight is 440 g/mol. The van der Waals surface area contributed by atoms with E-state index in [1.165, 1.54) is 29.5 Å². The molecular weight excluding hydrogens is 414 g/mol. The summed E-state index contributed by atoms with van der Waals surface area (Å²) < 4.78 is 1.63. The minimum atomic E-state index is -0.0821. The molecule has 0 N–H and O–H groups in total. The summed E-state index contributed by atoms with van der Waals surface area (Å²) in [7, 11) is 0. The Bertz CT molecular complexity index is 1120. The summed E-state index contributed by atoms with van der Waals surface area (Å²) in [6.45, 7) is 7.08. The largest absolute Gasteiger partial charge is 0.339 e. The van der Waals surface area contributed by atoms with Gasteiger partial charge < -0.3 is 4.90 Å². The zero-order chi connectivity index (χ0) is 21.1. The smallest absolute Gasteiger partial charge is 0.263 e. The third-order valence-electron chi connectivity index (χ3n) is 5.50. The van der Waals surface area contributed by atoms with E-state index < -0.39 is 0 Å². The van der Waals surface area contributed by atoms with Crippen LogP contribution in [0.2, 0.25) is 0 Å². The third-order valence-corrected chi connectivity index (χ3v) is 7.34. The number of thiophene rings is 1. The molecule has 1 aliphatic rings. The van der Waals surface area contributed by atoms with E-state index in [1.54, 1.807) is 10.6 Å². The summed E-state index contributed by atoms with van der Waals surface area (Å²) in [5.41, 5.74) is 1.82.